The number of para-hydroxylation sites is 1. The molecule has 20 heavy (non-hydrogen) atoms. The Kier molecular flexibility index (Phi) is 4.55. The van der Waals surface area contributed by atoms with Gasteiger partial charge in [-0.05, 0) is 25.8 Å². The number of hydrogen-bond donors (Lipinski definition) is 1. The van der Waals surface area contributed by atoms with Crippen LogP contribution in [-0.2, 0) is 11.3 Å². The van der Waals surface area contributed by atoms with Crippen molar-refractivity contribution in [3.05, 3.63) is 29.8 Å². The summed E-state index contributed by atoms with van der Waals surface area (Å²) in [5, 5.41) is 3.27. The Morgan fingerprint density at radius 2 is 2.10 bits per heavy atom. The van der Waals surface area contributed by atoms with Crippen LogP contribution in [0.25, 0.3) is 0 Å². The average molecular weight is 289 g/mol. The topological polar surface area (TPSA) is 30.5 Å². The zero-order valence-corrected chi connectivity index (χ0v) is 11.3. The highest BCUT2D eigenvalue weighted by Gasteiger charge is 2.32. The second-order valence-electron chi connectivity index (χ2n) is 5.23. The van der Waals surface area contributed by atoms with Crippen LogP contribution in [0.15, 0.2) is 24.3 Å². The van der Waals surface area contributed by atoms with Crippen molar-refractivity contribution in [2.75, 3.05) is 13.2 Å². The van der Waals surface area contributed by atoms with Crippen molar-refractivity contribution in [1.29, 1.82) is 0 Å². The summed E-state index contributed by atoms with van der Waals surface area (Å²) >= 11 is 0. The number of benzene rings is 1. The first-order valence-electron chi connectivity index (χ1n) is 6.54. The number of halogens is 3. The van der Waals surface area contributed by atoms with Crippen molar-refractivity contribution in [3.8, 4) is 5.75 Å². The van der Waals surface area contributed by atoms with Gasteiger partial charge >= 0.3 is 6.36 Å². The van der Waals surface area contributed by atoms with E-state index in [1.165, 1.54) is 12.1 Å². The third-order valence-electron chi connectivity index (χ3n) is 3.34. The van der Waals surface area contributed by atoms with E-state index in [-0.39, 0.29) is 11.3 Å². The lowest BCUT2D eigenvalue weighted by molar-refractivity contribution is -0.274. The van der Waals surface area contributed by atoms with Gasteiger partial charge in [0.1, 0.15) is 5.75 Å². The van der Waals surface area contributed by atoms with Gasteiger partial charge in [0.05, 0.1) is 6.61 Å². The third kappa shape index (κ3) is 4.38. The number of rotatable bonds is 4. The normalized spacial score (nSPS) is 23.6. The van der Waals surface area contributed by atoms with Gasteiger partial charge in [0.25, 0.3) is 0 Å². The van der Waals surface area contributed by atoms with Gasteiger partial charge in [-0.1, -0.05) is 18.2 Å². The Hall–Kier alpha value is -1.27. The van der Waals surface area contributed by atoms with Crippen molar-refractivity contribution in [3.63, 3.8) is 0 Å². The van der Waals surface area contributed by atoms with E-state index in [1.807, 2.05) is 6.92 Å². The van der Waals surface area contributed by atoms with Crippen molar-refractivity contribution in [2.24, 2.45) is 0 Å². The maximum atomic E-state index is 12.3. The smallest absolute Gasteiger partial charge is 0.405 e. The number of nitrogens with one attached hydrogen (secondary N) is 1. The summed E-state index contributed by atoms with van der Waals surface area (Å²) < 4.78 is 46.4. The molecule has 0 amide bonds. The van der Waals surface area contributed by atoms with E-state index < -0.39 is 6.36 Å². The molecule has 0 bridgehead atoms. The molecule has 2 rings (SSSR count). The fraction of sp³-hybridized carbons (Fsp3) is 0.571. The van der Waals surface area contributed by atoms with E-state index in [1.54, 1.807) is 12.1 Å². The lowest BCUT2D eigenvalue weighted by atomic mass is 9.94. The van der Waals surface area contributed by atoms with Crippen LogP contribution in [0.5, 0.6) is 5.75 Å². The molecule has 0 aromatic heterocycles. The standard InChI is InChI=1S/C14H18F3NO2/c1-13(7-4-8-19-10-13)18-9-11-5-2-3-6-12(11)20-14(15,16)17/h2-3,5-6,18H,4,7-10H2,1H3. The van der Waals surface area contributed by atoms with Gasteiger partial charge in [0.2, 0.25) is 0 Å². The maximum absolute atomic E-state index is 12.3. The van der Waals surface area contributed by atoms with Gasteiger partial charge in [-0.2, -0.15) is 0 Å². The minimum absolute atomic E-state index is 0.159. The van der Waals surface area contributed by atoms with E-state index >= 15 is 0 Å². The van der Waals surface area contributed by atoms with Crippen LogP contribution >= 0.6 is 0 Å². The van der Waals surface area contributed by atoms with Gasteiger partial charge in [-0.15, -0.1) is 13.2 Å². The summed E-state index contributed by atoms with van der Waals surface area (Å²) in [4.78, 5) is 0. The SMILES string of the molecule is CC1(NCc2ccccc2OC(F)(F)F)CCCOC1. The Balaban J connectivity index is 2.02. The van der Waals surface area contributed by atoms with Crippen LogP contribution in [0, 0.1) is 0 Å². The minimum Gasteiger partial charge on any atom is -0.405 e. The van der Waals surface area contributed by atoms with Gasteiger partial charge in [0, 0.05) is 24.3 Å². The molecule has 1 aromatic carbocycles. The summed E-state index contributed by atoms with van der Waals surface area (Å²) in [7, 11) is 0. The Bertz CT molecular complexity index is 442. The molecule has 1 aromatic rings. The van der Waals surface area contributed by atoms with Crippen LogP contribution < -0.4 is 10.1 Å². The van der Waals surface area contributed by atoms with Crippen molar-refractivity contribution in [2.45, 2.75) is 38.2 Å². The van der Waals surface area contributed by atoms with Gasteiger partial charge in [-0.25, -0.2) is 0 Å². The Morgan fingerprint density at radius 3 is 2.75 bits per heavy atom. The van der Waals surface area contributed by atoms with Gasteiger partial charge in [0.15, 0.2) is 0 Å². The van der Waals surface area contributed by atoms with Crippen molar-refractivity contribution >= 4 is 0 Å². The van der Waals surface area contributed by atoms with Crippen LogP contribution in [-0.4, -0.2) is 25.1 Å². The quantitative estimate of drug-likeness (QED) is 0.923. The highest BCUT2D eigenvalue weighted by atomic mass is 19.4. The summed E-state index contributed by atoms with van der Waals surface area (Å²) in [5.41, 5.74) is 0.278. The Morgan fingerprint density at radius 1 is 1.35 bits per heavy atom. The molecule has 0 spiro atoms. The lowest BCUT2D eigenvalue weighted by Crippen LogP contribution is -2.48. The van der Waals surface area contributed by atoms with E-state index in [9.17, 15) is 13.2 Å². The van der Waals surface area contributed by atoms with Crippen molar-refractivity contribution in [1.82, 2.24) is 5.32 Å². The lowest BCUT2D eigenvalue weighted by Gasteiger charge is -2.34. The fourth-order valence-electron chi connectivity index (χ4n) is 2.26. The predicted molar refractivity (Wildman–Crippen MR) is 68.4 cm³/mol. The molecule has 0 aliphatic carbocycles. The molecule has 1 unspecified atom stereocenters. The number of alkyl halides is 3. The Labute approximate surface area is 116 Å². The summed E-state index contributed by atoms with van der Waals surface area (Å²) in [6, 6.07) is 6.17. The molecule has 0 radical (unpaired) electrons. The largest absolute Gasteiger partial charge is 0.573 e. The van der Waals surface area contributed by atoms with E-state index in [4.69, 9.17) is 4.74 Å². The van der Waals surface area contributed by atoms with Gasteiger partial charge in [-0.3, -0.25) is 0 Å². The zero-order chi connectivity index (χ0) is 14.6. The molecule has 1 atom stereocenters. The molecular weight excluding hydrogens is 271 g/mol. The van der Waals surface area contributed by atoms with E-state index in [0.29, 0.717) is 18.7 Å². The molecule has 1 heterocycles. The molecule has 1 N–H and O–H groups in total. The average Bonchev–Trinajstić information content (AvgIpc) is 2.37. The first-order chi connectivity index (χ1) is 9.38. The zero-order valence-electron chi connectivity index (χ0n) is 11.3. The molecule has 112 valence electrons. The molecular formula is C14H18F3NO2. The van der Waals surface area contributed by atoms with E-state index in [2.05, 4.69) is 10.1 Å². The van der Waals surface area contributed by atoms with Crippen LogP contribution in [0.1, 0.15) is 25.3 Å². The molecule has 1 aliphatic heterocycles. The van der Waals surface area contributed by atoms with Crippen LogP contribution in [0.4, 0.5) is 13.2 Å². The molecule has 1 fully saturated rings. The van der Waals surface area contributed by atoms with E-state index in [0.717, 1.165) is 19.4 Å². The highest BCUT2D eigenvalue weighted by molar-refractivity contribution is 5.33. The third-order valence-corrected chi connectivity index (χ3v) is 3.34. The molecule has 1 aliphatic rings. The number of ether oxygens (including phenoxy) is 2. The first-order valence-corrected chi connectivity index (χ1v) is 6.54. The van der Waals surface area contributed by atoms with Crippen LogP contribution in [0.2, 0.25) is 0 Å². The van der Waals surface area contributed by atoms with Crippen molar-refractivity contribution < 1.29 is 22.6 Å². The minimum atomic E-state index is -4.67. The first kappa shape index (κ1) is 15.1. The second kappa shape index (κ2) is 6.01. The summed E-state index contributed by atoms with van der Waals surface area (Å²) in [5.74, 6) is -0.159. The maximum Gasteiger partial charge on any atom is 0.573 e. The molecule has 0 saturated carbocycles. The predicted octanol–water partition coefficient (Wildman–Crippen LogP) is 3.24. The summed E-state index contributed by atoms with van der Waals surface area (Å²) in [6.07, 6.45) is -2.78. The fourth-order valence-corrected chi connectivity index (χ4v) is 2.26. The number of hydrogen-bond acceptors (Lipinski definition) is 3. The second-order valence-corrected chi connectivity index (χ2v) is 5.23. The highest BCUT2D eigenvalue weighted by Crippen LogP contribution is 2.27. The monoisotopic (exact) mass is 289 g/mol. The summed E-state index contributed by atoms with van der Waals surface area (Å²) in [6.45, 7) is 3.63. The van der Waals surface area contributed by atoms with Gasteiger partial charge < -0.3 is 14.8 Å². The molecule has 3 nitrogen and oxygen atoms in total. The molecule has 1 saturated heterocycles. The van der Waals surface area contributed by atoms with Crippen LogP contribution in [0.3, 0.4) is 0 Å². The molecule has 6 heteroatoms.